The molecule has 6 atom stereocenters. The van der Waals surface area contributed by atoms with E-state index >= 15 is 0 Å². The number of rotatable bonds is 0. The van der Waals surface area contributed by atoms with Gasteiger partial charge >= 0.3 is 0 Å². The molecule has 0 radical (unpaired) electrons. The molecule has 4 N–H and O–H groups in total. The molecular formula is C16H18N2. The molecule has 4 aliphatic rings. The highest BCUT2D eigenvalue weighted by molar-refractivity contribution is 5.47. The first-order valence-electron chi connectivity index (χ1n) is 6.74. The first-order chi connectivity index (χ1) is 8.79. The summed E-state index contributed by atoms with van der Waals surface area (Å²) in [6, 6.07) is 8.89. The van der Waals surface area contributed by atoms with Gasteiger partial charge in [0, 0.05) is 23.9 Å². The molecule has 18 heavy (non-hydrogen) atoms. The zero-order valence-electron chi connectivity index (χ0n) is 10.2. The van der Waals surface area contributed by atoms with Gasteiger partial charge in [-0.2, -0.15) is 0 Å². The normalized spacial score (nSPS) is 43.7. The first kappa shape index (κ1) is 10.5. The Morgan fingerprint density at radius 2 is 1.17 bits per heavy atom. The van der Waals surface area contributed by atoms with E-state index in [-0.39, 0.29) is 12.1 Å². The Bertz CT molecular complexity index is 497. The largest absolute Gasteiger partial charge is 0.326 e. The lowest BCUT2D eigenvalue weighted by molar-refractivity contribution is 0.169. The lowest BCUT2D eigenvalue weighted by Gasteiger charge is -2.54. The highest BCUT2D eigenvalue weighted by atomic mass is 14.9. The van der Waals surface area contributed by atoms with Crippen LogP contribution in [0.5, 0.6) is 0 Å². The van der Waals surface area contributed by atoms with Gasteiger partial charge < -0.3 is 11.5 Å². The fourth-order valence-electron chi connectivity index (χ4n) is 4.30. The minimum absolute atomic E-state index is 0.0855. The molecule has 0 aromatic heterocycles. The Kier molecular flexibility index (Phi) is 2.08. The lowest BCUT2D eigenvalue weighted by atomic mass is 9.52. The van der Waals surface area contributed by atoms with Crippen molar-refractivity contribution in [2.75, 3.05) is 0 Å². The summed E-state index contributed by atoms with van der Waals surface area (Å²) in [6.45, 7) is 0. The number of hydrogen-bond acceptors (Lipinski definition) is 2. The van der Waals surface area contributed by atoms with E-state index in [9.17, 15) is 0 Å². The second kappa shape index (κ2) is 3.56. The predicted molar refractivity (Wildman–Crippen MR) is 73.1 cm³/mol. The van der Waals surface area contributed by atoms with E-state index < -0.39 is 0 Å². The van der Waals surface area contributed by atoms with Crippen molar-refractivity contribution in [3.05, 3.63) is 59.7 Å². The Hall–Kier alpha value is -1.38. The van der Waals surface area contributed by atoms with Crippen LogP contribution in [0.1, 0.15) is 23.0 Å². The standard InChI is InChI=1S/C16H18N2/c17-15-13-9-5-1-2-6-10(9)14(16(15)18)12-8-4-3-7-11(12)13/h1-10,13-16H,17-18H2. The SMILES string of the molecule is NC1C(N)C2c3ccccc3C1C1C=CC=CC12. The Morgan fingerprint density at radius 1 is 0.722 bits per heavy atom. The molecule has 1 fully saturated rings. The topological polar surface area (TPSA) is 52.0 Å². The second-order valence-electron chi connectivity index (χ2n) is 5.76. The minimum Gasteiger partial charge on any atom is -0.326 e. The van der Waals surface area contributed by atoms with Crippen LogP contribution in [-0.4, -0.2) is 12.1 Å². The molecular weight excluding hydrogens is 220 g/mol. The van der Waals surface area contributed by atoms with Crippen molar-refractivity contribution in [3.8, 4) is 0 Å². The molecule has 1 aromatic rings. The summed E-state index contributed by atoms with van der Waals surface area (Å²) in [4.78, 5) is 0. The van der Waals surface area contributed by atoms with Gasteiger partial charge in [0.25, 0.3) is 0 Å². The molecule has 2 bridgehead atoms. The summed E-state index contributed by atoms with van der Waals surface area (Å²) in [5.41, 5.74) is 15.7. The van der Waals surface area contributed by atoms with Crippen LogP contribution in [0.2, 0.25) is 0 Å². The van der Waals surface area contributed by atoms with Gasteiger partial charge in [0.15, 0.2) is 0 Å². The molecule has 5 rings (SSSR count). The van der Waals surface area contributed by atoms with Crippen LogP contribution >= 0.6 is 0 Å². The highest BCUT2D eigenvalue weighted by Gasteiger charge is 2.52. The molecule has 0 heterocycles. The quantitative estimate of drug-likeness (QED) is 0.725. The van der Waals surface area contributed by atoms with Crippen molar-refractivity contribution in [2.24, 2.45) is 23.3 Å². The predicted octanol–water partition coefficient (Wildman–Crippen LogP) is 1.89. The van der Waals surface area contributed by atoms with Gasteiger partial charge in [0.05, 0.1) is 0 Å². The maximum atomic E-state index is 6.40. The van der Waals surface area contributed by atoms with E-state index in [1.54, 1.807) is 0 Å². The number of fused-ring (bicyclic) bond motifs is 1. The second-order valence-corrected chi connectivity index (χ2v) is 5.76. The van der Waals surface area contributed by atoms with Crippen molar-refractivity contribution in [3.63, 3.8) is 0 Å². The van der Waals surface area contributed by atoms with Crippen LogP contribution in [0.4, 0.5) is 0 Å². The zero-order chi connectivity index (χ0) is 12.3. The molecule has 6 unspecified atom stereocenters. The smallest absolute Gasteiger partial charge is 0.0274 e. The van der Waals surface area contributed by atoms with Crippen LogP contribution in [0.3, 0.4) is 0 Å². The molecule has 0 spiro atoms. The van der Waals surface area contributed by atoms with Crippen molar-refractivity contribution in [1.82, 2.24) is 0 Å². The highest BCUT2D eigenvalue weighted by Crippen LogP contribution is 2.56. The third kappa shape index (κ3) is 1.15. The van der Waals surface area contributed by atoms with E-state index in [0.717, 1.165) is 0 Å². The van der Waals surface area contributed by atoms with E-state index in [4.69, 9.17) is 11.5 Å². The van der Waals surface area contributed by atoms with Crippen LogP contribution in [0.25, 0.3) is 0 Å². The molecule has 1 aromatic carbocycles. The molecule has 4 aliphatic carbocycles. The average Bonchev–Trinajstić information content (AvgIpc) is 2.42. The summed E-state index contributed by atoms with van der Waals surface area (Å²) in [5, 5.41) is 0. The van der Waals surface area contributed by atoms with Crippen molar-refractivity contribution >= 4 is 0 Å². The Balaban J connectivity index is 1.95. The molecule has 2 heteroatoms. The lowest BCUT2D eigenvalue weighted by Crippen LogP contribution is -2.61. The van der Waals surface area contributed by atoms with Crippen LogP contribution in [-0.2, 0) is 0 Å². The molecule has 92 valence electrons. The third-order valence-electron chi connectivity index (χ3n) is 5.04. The van der Waals surface area contributed by atoms with E-state index in [1.807, 2.05) is 0 Å². The maximum absolute atomic E-state index is 6.40. The summed E-state index contributed by atoms with van der Waals surface area (Å²) < 4.78 is 0. The number of benzene rings is 1. The third-order valence-corrected chi connectivity index (χ3v) is 5.04. The zero-order valence-corrected chi connectivity index (χ0v) is 10.2. The number of nitrogens with two attached hydrogens (primary N) is 2. The maximum Gasteiger partial charge on any atom is 0.0274 e. The monoisotopic (exact) mass is 238 g/mol. The van der Waals surface area contributed by atoms with Crippen LogP contribution in [0, 0.1) is 11.8 Å². The van der Waals surface area contributed by atoms with Gasteiger partial charge in [0.1, 0.15) is 0 Å². The number of allylic oxidation sites excluding steroid dienone is 4. The summed E-state index contributed by atoms with van der Waals surface area (Å²) >= 11 is 0. The summed E-state index contributed by atoms with van der Waals surface area (Å²) in [5.74, 6) is 1.83. The van der Waals surface area contributed by atoms with Crippen LogP contribution < -0.4 is 11.5 Å². The minimum atomic E-state index is 0.0855. The molecule has 0 saturated heterocycles. The molecule has 1 saturated carbocycles. The first-order valence-corrected chi connectivity index (χ1v) is 6.74. The Morgan fingerprint density at radius 3 is 1.61 bits per heavy atom. The molecule has 0 amide bonds. The Labute approximate surface area is 107 Å². The van der Waals surface area contributed by atoms with Crippen molar-refractivity contribution in [1.29, 1.82) is 0 Å². The number of hydrogen-bond donors (Lipinski definition) is 2. The van der Waals surface area contributed by atoms with Crippen LogP contribution in [0.15, 0.2) is 48.6 Å². The average molecular weight is 238 g/mol. The fraction of sp³-hybridized carbons (Fsp3) is 0.375. The van der Waals surface area contributed by atoms with Gasteiger partial charge in [-0.3, -0.25) is 0 Å². The molecule has 0 aliphatic heterocycles. The van der Waals surface area contributed by atoms with E-state index in [2.05, 4.69) is 48.6 Å². The van der Waals surface area contributed by atoms with Gasteiger partial charge in [-0.15, -0.1) is 0 Å². The summed E-state index contributed by atoms with van der Waals surface area (Å²) in [7, 11) is 0. The van der Waals surface area contributed by atoms with Gasteiger partial charge in [-0.1, -0.05) is 48.6 Å². The summed E-state index contributed by atoms with van der Waals surface area (Å²) in [6.07, 6.45) is 8.96. The van der Waals surface area contributed by atoms with E-state index in [0.29, 0.717) is 23.7 Å². The van der Waals surface area contributed by atoms with E-state index in [1.165, 1.54) is 11.1 Å². The van der Waals surface area contributed by atoms with Gasteiger partial charge in [-0.05, 0) is 23.0 Å². The van der Waals surface area contributed by atoms with Crippen molar-refractivity contribution < 1.29 is 0 Å². The van der Waals surface area contributed by atoms with Crippen molar-refractivity contribution in [2.45, 2.75) is 23.9 Å². The fourth-order valence-corrected chi connectivity index (χ4v) is 4.30. The molecule has 2 nitrogen and oxygen atoms in total. The van der Waals surface area contributed by atoms with Gasteiger partial charge in [0.2, 0.25) is 0 Å². The van der Waals surface area contributed by atoms with Gasteiger partial charge in [-0.25, -0.2) is 0 Å².